The standard InChI is InChI=1S/C19H20N4OS/c1-2-6-17-16(5-1)18(21-12-15-4-3-11-24-15)23-19(22-17)25-13-14-7-9-20-10-8-14/h1-2,5-10,15H,3-4,11-13H2,(H,21,22,23)/t15-/m1/s1. The van der Waals surface area contributed by atoms with Crippen LogP contribution in [0.25, 0.3) is 10.9 Å². The van der Waals surface area contributed by atoms with E-state index in [1.54, 1.807) is 11.8 Å². The number of rotatable bonds is 6. The SMILES string of the molecule is c1ccc2c(NC[C@H]3CCCO3)nc(SCc3ccncc3)nc2c1. The van der Waals surface area contributed by atoms with Crippen molar-refractivity contribution < 1.29 is 4.74 Å². The predicted octanol–water partition coefficient (Wildman–Crippen LogP) is 3.91. The summed E-state index contributed by atoms with van der Waals surface area (Å²) in [6, 6.07) is 12.2. The van der Waals surface area contributed by atoms with E-state index < -0.39 is 0 Å². The summed E-state index contributed by atoms with van der Waals surface area (Å²) in [5.74, 6) is 1.71. The van der Waals surface area contributed by atoms with Crippen molar-refractivity contribution in [2.75, 3.05) is 18.5 Å². The van der Waals surface area contributed by atoms with Crippen LogP contribution >= 0.6 is 11.8 Å². The van der Waals surface area contributed by atoms with E-state index in [1.165, 1.54) is 5.56 Å². The Morgan fingerprint density at radius 3 is 2.84 bits per heavy atom. The van der Waals surface area contributed by atoms with Crippen LogP contribution in [0, 0.1) is 0 Å². The lowest BCUT2D eigenvalue weighted by Gasteiger charge is -2.14. The molecule has 1 aliphatic rings. The number of hydrogen-bond acceptors (Lipinski definition) is 6. The van der Waals surface area contributed by atoms with E-state index in [-0.39, 0.29) is 6.10 Å². The first-order valence-electron chi connectivity index (χ1n) is 8.52. The molecule has 0 aliphatic carbocycles. The topological polar surface area (TPSA) is 59.9 Å². The maximum absolute atomic E-state index is 5.71. The third kappa shape index (κ3) is 4.08. The Hall–Kier alpha value is -2.18. The fraction of sp³-hybridized carbons (Fsp3) is 0.316. The molecule has 0 amide bonds. The molecule has 0 spiro atoms. The van der Waals surface area contributed by atoms with Gasteiger partial charge in [-0.05, 0) is 42.7 Å². The molecule has 1 atom stereocenters. The lowest BCUT2D eigenvalue weighted by atomic mass is 10.2. The third-order valence-electron chi connectivity index (χ3n) is 4.22. The highest BCUT2D eigenvalue weighted by atomic mass is 32.2. The highest BCUT2D eigenvalue weighted by molar-refractivity contribution is 7.98. The number of para-hydroxylation sites is 1. The minimum atomic E-state index is 0.279. The molecule has 0 unspecified atom stereocenters. The molecular weight excluding hydrogens is 332 g/mol. The number of hydrogen-bond donors (Lipinski definition) is 1. The zero-order valence-electron chi connectivity index (χ0n) is 13.9. The van der Waals surface area contributed by atoms with Crippen molar-refractivity contribution in [1.82, 2.24) is 15.0 Å². The van der Waals surface area contributed by atoms with Crippen molar-refractivity contribution in [1.29, 1.82) is 0 Å². The molecule has 1 aliphatic heterocycles. The Morgan fingerprint density at radius 2 is 2.00 bits per heavy atom. The fourth-order valence-electron chi connectivity index (χ4n) is 2.90. The van der Waals surface area contributed by atoms with E-state index in [4.69, 9.17) is 14.7 Å². The summed E-state index contributed by atoms with van der Waals surface area (Å²) >= 11 is 1.64. The van der Waals surface area contributed by atoms with Crippen molar-refractivity contribution >= 4 is 28.5 Å². The van der Waals surface area contributed by atoms with Gasteiger partial charge in [0.15, 0.2) is 5.16 Å². The van der Waals surface area contributed by atoms with Crippen LogP contribution < -0.4 is 5.32 Å². The van der Waals surface area contributed by atoms with Crippen molar-refractivity contribution in [3.8, 4) is 0 Å². The number of anilines is 1. The quantitative estimate of drug-likeness (QED) is 0.536. The lowest BCUT2D eigenvalue weighted by Crippen LogP contribution is -2.19. The Bertz CT molecular complexity index is 837. The Morgan fingerprint density at radius 1 is 1.12 bits per heavy atom. The molecule has 1 fully saturated rings. The van der Waals surface area contributed by atoms with Gasteiger partial charge in [-0.1, -0.05) is 23.9 Å². The van der Waals surface area contributed by atoms with Crippen molar-refractivity contribution in [2.24, 2.45) is 0 Å². The summed E-state index contributed by atoms with van der Waals surface area (Å²) in [7, 11) is 0. The number of nitrogens with zero attached hydrogens (tertiary/aromatic N) is 3. The normalized spacial score (nSPS) is 17.0. The summed E-state index contributed by atoms with van der Waals surface area (Å²) in [4.78, 5) is 13.5. The summed E-state index contributed by atoms with van der Waals surface area (Å²) in [5, 5.41) is 5.30. The van der Waals surface area contributed by atoms with E-state index in [2.05, 4.69) is 16.4 Å². The van der Waals surface area contributed by atoms with Crippen molar-refractivity contribution in [3.05, 3.63) is 54.4 Å². The van der Waals surface area contributed by atoms with Gasteiger partial charge in [-0.15, -0.1) is 0 Å². The van der Waals surface area contributed by atoms with Gasteiger partial charge in [0.05, 0.1) is 11.6 Å². The maximum atomic E-state index is 5.71. The Labute approximate surface area is 151 Å². The molecule has 4 rings (SSSR count). The largest absolute Gasteiger partial charge is 0.376 e. The average molecular weight is 352 g/mol. The number of fused-ring (bicyclic) bond motifs is 1. The fourth-order valence-corrected chi connectivity index (χ4v) is 3.70. The van der Waals surface area contributed by atoms with Crippen LogP contribution in [0.1, 0.15) is 18.4 Å². The smallest absolute Gasteiger partial charge is 0.190 e. The van der Waals surface area contributed by atoms with Crippen LogP contribution in [0.3, 0.4) is 0 Å². The van der Waals surface area contributed by atoms with Crippen LogP contribution in [0.2, 0.25) is 0 Å². The van der Waals surface area contributed by atoms with Crippen LogP contribution in [0.15, 0.2) is 53.9 Å². The average Bonchev–Trinajstić information content (AvgIpc) is 3.19. The minimum Gasteiger partial charge on any atom is -0.376 e. The van der Waals surface area contributed by atoms with Crippen LogP contribution in [-0.2, 0) is 10.5 Å². The molecule has 2 aromatic heterocycles. The summed E-state index contributed by atoms with van der Waals surface area (Å²) in [5.41, 5.74) is 2.18. The monoisotopic (exact) mass is 352 g/mol. The highest BCUT2D eigenvalue weighted by Crippen LogP contribution is 2.26. The molecule has 1 N–H and O–H groups in total. The number of thioether (sulfide) groups is 1. The summed E-state index contributed by atoms with van der Waals surface area (Å²) < 4.78 is 5.71. The molecule has 0 bridgehead atoms. The number of benzene rings is 1. The van der Waals surface area contributed by atoms with Gasteiger partial charge in [-0.25, -0.2) is 9.97 Å². The summed E-state index contributed by atoms with van der Waals surface area (Å²) in [6.07, 6.45) is 6.16. The molecule has 25 heavy (non-hydrogen) atoms. The van der Waals surface area contributed by atoms with Crippen molar-refractivity contribution in [3.63, 3.8) is 0 Å². The second-order valence-electron chi connectivity index (χ2n) is 6.03. The van der Waals surface area contributed by atoms with E-state index in [0.717, 1.165) is 53.6 Å². The van der Waals surface area contributed by atoms with Gasteiger partial charge in [-0.2, -0.15) is 0 Å². The first-order valence-corrected chi connectivity index (χ1v) is 9.51. The number of pyridine rings is 1. The van der Waals surface area contributed by atoms with E-state index >= 15 is 0 Å². The van der Waals surface area contributed by atoms with E-state index in [1.807, 2.05) is 42.7 Å². The summed E-state index contributed by atoms with van der Waals surface area (Å²) in [6.45, 7) is 1.65. The lowest BCUT2D eigenvalue weighted by molar-refractivity contribution is 0.120. The minimum absolute atomic E-state index is 0.279. The second kappa shape index (κ2) is 7.80. The van der Waals surface area contributed by atoms with E-state index in [0.29, 0.717) is 0 Å². The van der Waals surface area contributed by atoms with Gasteiger partial charge in [0, 0.05) is 36.7 Å². The van der Waals surface area contributed by atoms with Crippen molar-refractivity contribution in [2.45, 2.75) is 29.9 Å². The van der Waals surface area contributed by atoms with Crippen LogP contribution in [0.4, 0.5) is 5.82 Å². The molecule has 0 radical (unpaired) electrons. The first kappa shape index (κ1) is 16.3. The molecule has 5 nitrogen and oxygen atoms in total. The van der Waals surface area contributed by atoms with Gasteiger partial charge < -0.3 is 10.1 Å². The highest BCUT2D eigenvalue weighted by Gasteiger charge is 2.16. The van der Waals surface area contributed by atoms with Gasteiger partial charge in [0.2, 0.25) is 0 Å². The number of aromatic nitrogens is 3. The first-order chi connectivity index (χ1) is 12.4. The van der Waals surface area contributed by atoms with Gasteiger partial charge in [0.1, 0.15) is 5.82 Å². The molecule has 0 saturated carbocycles. The third-order valence-corrected chi connectivity index (χ3v) is 5.14. The molecule has 1 saturated heterocycles. The van der Waals surface area contributed by atoms with Gasteiger partial charge in [-0.3, -0.25) is 4.98 Å². The molecule has 3 heterocycles. The van der Waals surface area contributed by atoms with Gasteiger partial charge in [0.25, 0.3) is 0 Å². The van der Waals surface area contributed by atoms with Crippen LogP contribution in [-0.4, -0.2) is 34.2 Å². The zero-order valence-corrected chi connectivity index (χ0v) is 14.7. The maximum Gasteiger partial charge on any atom is 0.190 e. The number of nitrogens with one attached hydrogen (secondary N) is 1. The zero-order chi connectivity index (χ0) is 16.9. The molecular formula is C19H20N4OS. The molecule has 6 heteroatoms. The Kier molecular flexibility index (Phi) is 5.09. The second-order valence-corrected chi connectivity index (χ2v) is 6.97. The van der Waals surface area contributed by atoms with Gasteiger partial charge >= 0.3 is 0 Å². The predicted molar refractivity (Wildman–Crippen MR) is 101 cm³/mol. The molecule has 3 aromatic rings. The molecule has 1 aromatic carbocycles. The number of ether oxygens (including phenoxy) is 1. The van der Waals surface area contributed by atoms with E-state index in [9.17, 15) is 0 Å². The van der Waals surface area contributed by atoms with Crippen LogP contribution in [0.5, 0.6) is 0 Å². The Balaban J connectivity index is 1.54. The molecule has 128 valence electrons.